The average Bonchev–Trinajstić information content (AvgIpc) is 3.17. The summed E-state index contributed by atoms with van der Waals surface area (Å²) in [5.74, 6) is 4.23. The lowest BCUT2D eigenvalue weighted by Crippen LogP contribution is -2.42. The summed E-state index contributed by atoms with van der Waals surface area (Å²) in [7, 11) is 4.06. The highest BCUT2D eigenvalue weighted by Crippen LogP contribution is 2.62. The summed E-state index contributed by atoms with van der Waals surface area (Å²) in [6, 6.07) is 6.88. The molecule has 2 heteroatoms. The summed E-state index contributed by atoms with van der Waals surface area (Å²) in [6.45, 7) is 13.4. The number of fused-ring (bicyclic) bond motifs is 5. The summed E-state index contributed by atoms with van der Waals surface area (Å²) in [5, 5.41) is 0. The topological polar surface area (TPSA) is 12.5 Å². The van der Waals surface area contributed by atoms with E-state index < -0.39 is 0 Å². The van der Waals surface area contributed by atoms with Crippen molar-refractivity contribution in [1.29, 1.82) is 0 Å². The summed E-state index contributed by atoms with van der Waals surface area (Å²) in [5.41, 5.74) is 5.76. The lowest BCUT2D eigenvalue weighted by Gasteiger charge is -2.51. The molecule has 0 amide bonds. The van der Waals surface area contributed by atoms with E-state index in [2.05, 4.69) is 70.8 Å². The summed E-state index contributed by atoms with van der Waals surface area (Å²) in [4.78, 5) is 2.50. The summed E-state index contributed by atoms with van der Waals surface area (Å²) >= 11 is 0. The minimum atomic E-state index is 0.321. The fourth-order valence-corrected chi connectivity index (χ4v) is 7.83. The van der Waals surface area contributed by atoms with Crippen molar-refractivity contribution in [2.45, 2.75) is 104 Å². The molecule has 1 aromatic rings. The molecule has 5 atom stereocenters. The Labute approximate surface area is 204 Å². The van der Waals surface area contributed by atoms with Crippen molar-refractivity contribution in [3.8, 4) is 5.75 Å². The second-order valence-corrected chi connectivity index (χ2v) is 12.3. The fraction of sp³-hybridized carbons (Fsp3) is 0.742. The van der Waals surface area contributed by atoms with E-state index in [1.165, 1.54) is 57.8 Å². The number of benzene rings is 1. The molecule has 2 nitrogen and oxygen atoms in total. The van der Waals surface area contributed by atoms with Gasteiger partial charge in [-0.15, -0.1) is 0 Å². The largest absolute Gasteiger partial charge is 0.497 e. The van der Waals surface area contributed by atoms with Gasteiger partial charge in [-0.25, -0.2) is 0 Å². The van der Waals surface area contributed by atoms with E-state index in [0.717, 1.165) is 36.0 Å². The zero-order valence-corrected chi connectivity index (χ0v) is 22.5. The minimum absolute atomic E-state index is 0.321. The predicted octanol–water partition coefficient (Wildman–Crippen LogP) is 8.01. The second kappa shape index (κ2) is 9.76. The predicted molar refractivity (Wildman–Crippen MR) is 141 cm³/mol. The smallest absolute Gasteiger partial charge is 0.119 e. The molecule has 0 radical (unpaired) electrons. The van der Waals surface area contributed by atoms with Crippen LogP contribution < -0.4 is 4.74 Å². The molecule has 0 bridgehead atoms. The van der Waals surface area contributed by atoms with Gasteiger partial charge in [0.05, 0.1) is 7.11 Å². The molecular formula is C31H49NO. The molecule has 184 valence electrons. The molecule has 0 aromatic heterocycles. The highest BCUT2D eigenvalue weighted by atomic mass is 16.5. The molecule has 1 saturated carbocycles. The number of ether oxygens (including phenoxy) is 1. The van der Waals surface area contributed by atoms with Crippen molar-refractivity contribution in [2.24, 2.45) is 23.2 Å². The minimum Gasteiger partial charge on any atom is -0.497 e. The summed E-state index contributed by atoms with van der Waals surface area (Å²) < 4.78 is 5.51. The number of rotatable bonds is 9. The quantitative estimate of drug-likeness (QED) is 0.278. The van der Waals surface area contributed by atoms with Crippen molar-refractivity contribution < 1.29 is 4.74 Å². The van der Waals surface area contributed by atoms with Crippen LogP contribution in [0, 0.1) is 23.2 Å². The van der Waals surface area contributed by atoms with Crippen LogP contribution in [-0.4, -0.2) is 31.1 Å². The Hall–Kier alpha value is -1.28. The van der Waals surface area contributed by atoms with Crippen LogP contribution in [0.2, 0.25) is 0 Å². The zero-order chi connectivity index (χ0) is 23.8. The molecule has 0 heterocycles. The van der Waals surface area contributed by atoms with Crippen LogP contribution in [-0.2, 0) is 6.42 Å². The average molecular weight is 452 g/mol. The molecule has 0 spiro atoms. The molecular weight excluding hydrogens is 402 g/mol. The molecule has 4 rings (SSSR count). The van der Waals surface area contributed by atoms with Gasteiger partial charge in [0.25, 0.3) is 0 Å². The Morgan fingerprint density at radius 1 is 1.21 bits per heavy atom. The molecule has 3 aliphatic rings. The number of hydrogen-bond donors (Lipinski definition) is 0. The van der Waals surface area contributed by atoms with Gasteiger partial charge in [-0.05, 0) is 125 Å². The first-order valence-corrected chi connectivity index (χ1v) is 13.8. The van der Waals surface area contributed by atoms with Crippen molar-refractivity contribution in [3.63, 3.8) is 0 Å². The Kier molecular flexibility index (Phi) is 7.35. The maximum absolute atomic E-state index is 5.51. The van der Waals surface area contributed by atoms with Gasteiger partial charge in [0, 0.05) is 5.54 Å². The normalized spacial score (nSPS) is 29.8. The van der Waals surface area contributed by atoms with Crippen molar-refractivity contribution in [3.05, 3.63) is 41.0 Å². The number of allylic oxidation sites excluding steroid dienone is 2. The van der Waals surface area contributed by atoms with Crippen molar-refractivity contribution in [1.82, 2.24) is 4.90 Å². The first-order valence-electron chi connectivity index (χ1n) is 13.8. The number of unbranched alkanes of at least 4 members (excludes halogenated alkanes) is 1. The van der Waals surface area contributed by atoms with E-state index in [-0.39, 0.29) is 0 Å². The maximum Gasteiger partial charge on any atom is 0.119 e. The molecule has 0 N–H and O–H groups in total. The third-order valence-electron chi connectivity index (χ3n) is 10.3. The third-order valence-corrected chi connectivity index (χ3v) is 10.3. The molecule has 0 saturated heterocycles. The van der Waals surface area contributed by atoms with Crippen LogP contribution in [0.25, 0.3) is 0 Å². The first-order chi connectivity index (χ1) is 15.7. The molecule has 0 unspecified atom stereocenters. The third kappa shape index (κ3) is 4.66. The highest BCUT2D eigenvalue weighted by molar-refractivity contribution is 5.41. The van der Waals surface area contributed by atoms with Gasteiger partial charge < -0.3 is 9.64 Å². The van der Waals surface area contributed by atoms with Crippen LogP contribution in [0.15, 0.2) is 29.8 Å². The monoisotopic (exact) mass is 451 g/mol. The molecule has 1 aromatic carbocycles. The molecule has 33 heavy (non-hydrogen) atoms. The Balaban J connectivity index is 1.37. The fourth-order valence-electron chi connectivity index (χ4n) is 7.83. The van der Waals surface area contributed by atoms with Gasteiger partial charge in [-0.2, -0.15) is 0 Å². The maximum atomic E-state index is 5.51. The highest BCUT2D eigenvalue weighted by Gasteiger charge is 2.52. The van der Waals surface area contributed by atoms with Gasteiger partial charge in [0.2, 0.25) is 0 Å². The van der Waals surface area contributed by atoms with Crippen molar-refractivity contribution in [2.75, 3.05) is 20.7 Å². The van der Waals surface area contributed by atoms with Crippen LogP contribution in [0.3, 0.4) is 0 Å². The second-order valence-electron chi connectivity index (χ2n) is 12.3. The Bertz CT molecular complexity index is 854. The molecule has 3 aliphatic carbocycles. The van der Waals surface area contributed by atoms with E-state index in [1.54, 1.807) is 18.2 Å². The van der Waals surface area contributed by atoms with Gasteiger partial charge in [-0.3, -0.25) is 0 Å². The first kappa shape index (κ1) is 24.8. The standard InChI is InChI=1S/C31H49NO/c1-8-32(6)30(3,4)19-10-9-11-22(2)28-16-17-29-27-14-12-23-21-24(33-7)13-15-25(23)26(27)18-20-31(28,29)5/h13,15-16,21-22,26-27,29H,8-12,14,17-20H2,1-7H3/t22-,26-,27-,29+,31-/m1/s1. The molecule has 0 aliphatic heterocycles. The van der Waals surface area contributed by atoms with E-state index in [1.807, 2.05) is 5.57 Å². The van der Waals surface area contributed by atoms with Crippen LogP contribution >= 0.6 is 0 Å². The Morgan fingerprint density at radius 2 is 2.00 bits per heavy atom. The molecule has 1 fully saturated rings. The van der Waals surface area contributed by atoms with E-state index in [0.29, 0.717) is 11.0 Å². The van der Waals surface area contributed by atoms with E-state index in [9.17, 15) is 0 Å². The van der Waals surface area contributed by atoms with E-state index in [4.69, 9.17) is 4.74 Å². The number of nitrogens with zero attached hydrogens (tertiary/aromatic N) is 1. The number of aryl methyl sites for hydroxylation is 1. The zero-order valence-electron chi connectivity index (χ0n) is 22.5. The van der Waals surface area contributed by atoms with Gasteiger partial charge in [0.15, 0.2) is 0 Å². The lowest BCUT2D eigenvalue weighted by atomic mass is 9.53. The Morgan fingerprint density at radius 3 is 2.73 bits per heavy atom. The number of hydrogen-bond acceptors (Lipinski definition) is 2. The van der Waals surface area contributed by atoms with Gasteiger partial charge >= 0.3 is 0 Å². The van der Waals surface area contributed by atoms with Crippen LogP contribution in [0.5, 0.6) is 5.75 Å². The number of methoxy groups -OCH3 is 1. The van der Waals surface area contributed by atoms with Crippen LogP contribution in [0.1, 0.15) is 103 Å². The van der Waals surface area contributed by atoms with E-state index >= 15 is 0 Å². The van der Waals surface area contributed by atoms with Gasteiger partial charge in [-0.1, -0.05) is 51.3 Å². The lowest BCUT2D eigenvalue weighted by molar-refractivity contribution is 0.0686. The van der Waals surface area contributed by atoms with Crippen molar-refractivity contribution >= 4 is 0 Å². The summed E-state index contributed by atoms with van der Waals surface area (Å²) in [6.07, 6.45) is 14.7. The van der Waals surface area contributed by atoms with Crippen LogP contribution in [0.4, 0.5) is 0 Å². The van der Waals surface area contributed by atoms with Gasteiger partial charge in [0.1, 0.15) is 5.75 Å². The SMILES string of the molecule is CCN(C)C(C)(C)CCCC[C@@H](C)C1=CC[C@H]2[C@@H]3CCc4cc(OC)ccc4[C@H]3CC[C@]12C.